The second-order valence-corrected chi connectivity index (χ2v) is 6.06. The van der Waals surface area contributed by atoms with Gasteiger partial charge in [0.1, 0.15) is 0 Å². The normalized spacial score (nSPS) is 17.3. The Morgan fingerprint density at radius 2 is 1.70 bits per heavy atom. The van der Waals surface area contributed by atoms with E-state index in [2.05, 4.69) is 31.7 Å². The van der Waals surface area contributed by atoms with Gasteiger partial charge in [-0.05, 0) is 32.8 Å². The highest BCUT2D eigenvalue weighted by molar-refractivity contribution is 5.87. The first-order valence-corrected chi connectivity index (χ1v) is 8.34. The lowest BCUT2D eigenvalue weighted by Gasteiger charge is -2.36. The molecule has 20 heavy (non-hydrogen) atoms. The van der Waals surface area contributed by atoms with Gasteiger partial charge in [-0.15, -0.1) is 0 Å². The molecular formula is C17H32N2O. The Labute approximate surface area is 125 Å². The van der Waals surface area contributed by atoms with Crippen LogP contribution in [0.15, 0.2) is 12.2 Å². The summed E-state index contributed by atoms with van der Waals surface area (Å²) in [6, 6.07) is 0.589. The van der Waals surface area contributed by atoms with Gasteiger partial charge in [-0.25, -0.2) is 0 Å². The van der Waals surface area contributed by atoms with E-state index >= 15 is 0 Å². The van der Waals surface area contributed by atoms with Crippen molar-refractivity contribution in [2.24, 2.45) is 0 Å². The van der Waals surface area contributed by atoms with E-state index in [-0.39, 0.29) is 5.91 Å². The molecule has 0 aromatic rings. The largest absolute Gasteiger partial charge is 0.337 e. The first-order valence-electron chi connectivity index (χ1n) is 8.34. The number of carbonyl (C=O) groups is 1. The highest BCUT2D eigenvalue weighted by atomic mass is 16.2. The average Bonchev–Trinajstić information content (AvgIpc) is 2.46. The fourth-order valence-corrected chi connectivity index (χ4v) is 2.61. The lowest BCUT2D eigenvalue weighted by Crippen LogP contribution is -2.50. The molecule has 1 heterocycles. The molecule has 1 saturated heterocycles. The van der Waals surface area contributed by atoms with Crippen molar-refractivity contribution in [3.8, 4) is 0 Å². The van der Waals surface area contributed by atoms with Crippen molar-refractivity contribution in [1.29, 1.82) is 0 Å². The summed E-state index contributed by atoms with van der Waals surface area (Å²) < 4.78 is 0. The Kier molecular flexibility index (Phi) is 8.59. The third-order valence-corrected chi connectivity index (χ3v) is 4.09. The summed E-state index contributed by atoms with van der Waals surface area (Å²) in [6.45, 7) is 10.4. The minimum atomic E-state index is 0.196. The molecule has 0 spiro atoms. The number of piperazine rings is 1. The first-order chi connectivity index (χ1) is 9.65. The van der Waals surface area contributed by atoms with Crippen molar-refractivity contribution in [2.45, 2.75) is 65.3 Å². The molecule has 0 N–H and O–H groups in total. The molecule has 116 valence electrons. The van der Waals surface area contributed by atoms with Crippen LogP contribution in [0.25, 0.3) is 0 Å². The number of carbonyl (C=O) groups excluding carboxylic acids is 1. The molecule has 3 heteroatoms. The molecule has 1 amide bonds. The van der Waals surface area contributed by atoms with Crippen LogP contribution in [0.2, 0.25) is 0 Å². The summed E-state index contributed by atoms with van der Waals surface area (Å²) in [5.41, 5.74) is 0. The zero-order chi connectivity index (χ0) is 14.8. The molecule has 1 aliphatic heterocycles. The highest BCUT2D eigenvalue weighted by Crippen LogP contribution is 2.08. The van der Waals surface area contributed by atoms with Crippen LogP contribution in [0.3, 0.4) is 0 Å². The molecule has 0 radical (unpaired) electrons. The molecule has 0 unspecified atom stereocenters. The van der Waals surface area contributed by atoms with Crippen LogP contribution in [0.4, 0.5) is 0 Å². The van der Waals surface area contributed by atoms with E-state index in [1.54, 1.807) is 6.08 Å². The van der Waals surface area contributed by atoms with Crippen molar-refractivity contribution < 1.29 is 4.79 Å². The number of rotatable bonds is 8. The molecule has 1 aliphatic rings. The lowest BCUT2D eigenvalue weighted by atomic mass is 10.1. The standard InChI is InChI=1S/C17H32N2O/c1-4-5-6-7-8-9-10-11-17(20)19-14-12-18(13-15-19)16(2)3/h10-11,16H,4-9,12-15H2,1-3H3/b11-10+. The molecule has 1 rings (SSSR count). The number of allylic oxidation sites excluding steroid dienone is 1. The summed E-state index contributed by atoms with van der Waals surface area (Å²) in [5, 5.41) is 0. The molecular weight excluding hydrogens is 248 g/mol. The molecule has 0 bridgehead atoms. The second kappa shape index (κ2) is 9.98. The summed E-state index contributed by atoms with van der Waals surface area (Å²) >= 11 is 0. The smallest absolute Gasteiger partial charge is 0.246 e. The van der Waals surface area contributed by atoms with E-state index in [0.717, 1.165) is 32.6 Å². The van der Waals surface area contributed by atoms with E-state index < -0.39 is 0 Å². The summed E-state index contributed by atoms with van der Waals surface area (Å²) in [7, 11) is 0. The van der Waals surface area contributed by atoms with Gasteiger partial charge >= 0.3 is 0 Å². The van der Waals surface area contributed by atoms with Crippen molar-refractivity contribution in [2.75, 3.05) is 26.2 Å². The van der Waals surface area contributed by atoms with Crippen LogP contribution in [0.5, 0.6) is 0 Å². The molecule has 0 aromatic carbocycles. The Morgan fingerprint density at radius 1 is 1.05 bits per heavy atom. The van der Waals surface area contributed by atoms with Crippen molar-refractivity contribution in [3.63, 3.8) is 0 Å². The van der Waals surface area contributed by atoms with Crippen LogP contribution < -0.4 is 0 Å². The topological polar surface area (TPSA) is 23.6 Å². The van der Waals surface area contributed by atoms with Crippen LogP contribution in [0.1, 0.15) is 59.3 Å². The highest BCUT2D eigenvalue weighted by Gasteiger charge is 2.20. The first kappa shape index (κ1) is 17.2. The van der Waals surface area contributed by atoms with E-state index in [1.165, 1.54) is 32.1 Å². The number of nitrogens with zero attached hydrogens (tertiary/aromatic N) is 2. The Bertz CT molecular complexity index is 291. The number of hydrogen-bond acceptors (Lipinski definition) is 2. The van der Waals surface area contributed by atoms with Gasteiger partial charge in [0.05, 0.1) is 0 Å². The maximum Gasteiger partial charge on any atom is 0.246 e. The van der Waals surface area contributed by atoms with Gasteiger partial charge < -0.3 is 4.90 Å². The average molecular weight is 280 g/mol. The van der Waals surface area contributed by atoms with Crippen LogP contribution in [0, 0.1) is 0 Å². The van der Waals surface area contributed by atoms with Gasteiger partial charge in [0.2, 0.25) is 5.91 Å². The summed E-state index contributed by atoms with van der Waals surface area (Å²) in [4.78, 5) is 16.4. The van der Waals surface area contributed by atoms with Gasteiger partial charge in [0.25, 0.3) is 0 Å². The van der Waals surface area contributed by atoms with E-state index in [9.17, 15) is 4.79 Å². The molecule has 0 aromatic heterocycles. The molecule has 1 fully saturated rings. The second-order valence-electron chi connectivity index (χ2n) is 6.06. The van der Waals surface area contributed by atoms with Gasteiger partial charge in [-0.1, -0.05) is 38.7 Å². The lowest BCUT2D eigenvalue weighted by molar-refractivity contribution is -0.128. The van der Waals surface area contributed by atoms with Crippen molar-refractivity contribution in [3.05, 3.63) is 12.2 Å². The Hall–Kier alpha value is -0.830. The SMILES string of the molecule is CCCCCCC/C=C/C(=O)N1CCN(C(C)C)CC1. The Morgan fingerprint density at radius 3 is 2.30 bits per heavy atom. The van der Waals surface area contributed by atoms with Crippen LogP contribution in [-0.4, -0.2) is 47.9 Å². The monoisotopic (exact) mass is 280 g/mol. The van der Waals surface area contributed by atoms with Crippen molar-refractivity contribution >= 4 is 5.91 Å². The zero-order valence-corrected chi connectivity index (χ0v) is 13.6. The zero-order valence-electron chi connectivity index (χ0n) is 13.6. The van der Waals surface area contributed by atoms with Crippen molar-refractivity contribution in [1.82, 2.24) is 9.80 Å². The number of amides is 1. The van der Waals surface area contributed by atoms with E-state index in [1.807, 2.05) is 4.90 Å². The predicted octanol–water partition coefficient (Wildman–Crippen LogP) is 3.46. The minimum absolute atomic E-state index is 0.196. The van der Waals surface area contributed by atoms with Gasteiger partial charge in [0.15, 0.2) is 0 Å². The number of hydrogen-bond donors (Lipinski definition) is 0. The summed E-state index contributed by atoms with van der Waals surface area (Å²) in [6.07, 6.45) is 11.3. The van der Waals surface area contributed by atoms with Crippen LogP contribution in [-0.2, 0) is 4.79 Å². The number of unbranched alkanes of at least 4 members (excludes halogenated alkanes) is 5. The molecule has 0 aliphatic carbocycles. The molecule has 0 saturated carbocycles. The predicted molar refractivity (Wildman–Crippen MR) is 85.8 cm³/mol. The third-order valence-electron chi connectivity index (χ3n) is 4.09. The Balaban J connectivity index is 2.13. The van der Waals surface area contributed by atoms with Gasteiger partial charge in [-0.2, -0.15) is 0 Å². The van der Waals surface area contributed by atoms with Crippen LogP contribution >= 0.6 is 0 Å². The van der Waals surface area contributed by atoms with Gasteiger partial charge in [0, 0.05) is 32.2 Å². The fraction of sp³-hybridized carbons (Fsp3) is 0.824. The minimum Gasteiger partial charge on any atom is -0.337 e. The maximum atomic E-state index is 12.0. The summed E-state index contributed by atoms with van der Waals surface area (Å²) in [5.74, 6) is 0.196. The third kappa shape index (κ3) is 6.56. The molecule has 3 nitrogen and oxygen atoms in total. The molecule has 0 atom stereocenters. The fourth-order valence-electron chi connectivity index (χ4n) is 2.61. The van der Waals surface area contributed by atoms with Gasteiger partial charge in [-0.3, -0.25) is 9.69 Å². The maximum absolute atomic E-state index is 12.0. The van der Waals surface area contributed by atoms with E-state index in [0.29, 0.717) is 6.04 Å². The van der Waals surface area contributed by atoms with E-state index in [4.69, 9.17) is 0 Å². The quantitative estimate of drug-likeness (QED) is 0.502.